The second-order valence-corrected chi connectivity index (χ2v) is 5.92. The highest BCUT2D eigenvalue weighted by molar-refractivity contribution is 6.07. The second-order valence-electron chi connectivity index (χ2n) is 5.92. The van der Waals surface area contributed by atoms with E-state index in [9.17, 15) is 19.2 Å². The summed E-state index contributed by atoms with van der Waals surface area (Å²) < 4.78 is 0. The number of hydrogen-bond acceptors (Lipinski definition) is 5. The molecule has 3 rings (SSSR count). The van der Waals surface area contributed by atoms with E-state index < -0.39 is 17.1 Å². The molecule has 2 saturated heterocycles. The molecule has 1 aromatic rings. The smallest absolute Gasteiger partial charge is 0.322 e. The highest BCUT2D eigenvalue weighted by Gasteiger charge is 2.48. The third-order valence-electron chi connectivity index (χ3n) is 4.60. The van der Waals surface area contributed by atoms with Gasteiger partial charge in [0, 0.05) is 13.1 Å². The molecule has 0 saturated carbocycles. The van der Waals surface area contributed by atoms with Crippen molar-refractivity contribution in [3.8, 4) is 0 Å². The molecule has 2 aliphatic heterocycles. The molecule has 3 N–H and O–H groups in total. The Balaban J connectivity index is 1.80. The lowest BCUT2D eigenvalue weighted by atomic mass is 9.87. The molecule has 122 valence electrons. The van der Waals surface area contributed by atoms with Crippen LogP contribution in [0.25, 0.3) is 0 Å². The monoisotopic (exact) mass is 319 g/mol. The molecule has 9 heteroatoms. The van der Waals surface area contributed by atoms with Crippen LogP contribution in [0.4, 0.5) is 4.79 Å². The number of aromatic nitrogens is 2. The summed E-state index contributed by atoms with van der Waals surface area (Å²) in [5.41, 5.74) is -0.253. The average molecular weight is 319 g/mol. The van der Waals surface area contributed by atoms with Gasteiger partial charge in [0.1, 0.15) is 11.1 Å². The molecular weight excluding hydrogens is 302 g/mol. The Morgan fingerprint density at radius 1 is 1.17 bits per heavy atom. The van der Waals surface area contributed by atoms with Gasteiger partial charge in [-0.1, -0.05) is 0 Å². The van der Waals surface area contributed by atoms with Crippen LogP contribution in [0.1, 0.15) is 34.5 Å². The van der Waals surface area contributed by atoms with Crippen molar-refractivity contribution in [2.45, 2.75) is 32.2 Å². The van der Waals surface area contributed by atoms with Gasteiger partial charge in [-0.3, -0.25) is 19.7 Å². The van der Waals surface area contributed by atoms with Crippen LogP contribution in [0.15, 0.2) is 4.79 Å². The molecule has 0 atom stereocenters. The van der Waals surface area contributed by atoms with Crippen molar-refractivity contribution < 1.29 is 14.4 Å². The Bertz CT molecular complexity index is 761. The number of urea groups is 1. The number of rotatable bonds is 1. The number of amides is 4. The van der Waals surface area contributed by atoms with Crippen molar-refractivity contribution in [1.82, 2.24) is 25.7 Å². The molecule has 2 aliphatic rings. The molecule has 4 amide bonds. The fourth-order valence-electron chi connectivity index (χ4n) is 3.01. The van der Waals surface area contributed by atoms with Gasteiger partial charge in [0.05, 0.1) is 5.69 Å². The maximum atomic E-state index is 12.6. The topological polar surface area (TPSA) is 124 Å². The van der Waals surface area contributed by atoms with Crippen LogP contribution in [0.2, 0.25) is 0 Å². The van der Waals surface area contributed by atoms with Gasteiger partial charge in [-0.15, -0.1) is 0 Å². The SMILES string of the molecule is Cc1n[nH]c(=O)c(C(=O)N2CCC3(CC2)NC(=O)NC3=O)c1C. The predicted octanol–water partition coefficient (Wildman–Crippen LogP) is -0.799. The fourth-order valence-corrected chi connectivity index (χ4v) is 3.01. The molecule has 0 radical (unpaired) electrons. The Morgan fingerprint density at radius 2 is 1.83 bits per heavy atom. The van der Waals surface area contributed by atoms with E-state index in [0.717, 1.165) is 0 Å². The zero-order chi connectivity index (χ0) is 16.8. The molecule has 9 nitrogen and oxygen atoms in total. The summed E-state index contributed by atoms with van der Waals surface area (Å²) in [7, 11) is 0. The van der Waals surface area contributed by atoms with Gasteiger partial charge in [0.25, 0.3) is 17.4 Å². The minimum Gasteiger partial charge on any atom is -0.338 e. The van der Waals surface area contributed by atoms with E-state index in [1.54, 1.807) is 13.8 Å². The first-order valence-corrected chi connectivity index (χ1v) is 7.33. The van der Waals surface area contributed by atoms with Crippen LogP contribution in [-0.4, -0.2) is 51.6 Å². The summed E-state index contributed by atoms with van der Waals surface area (Å²) in [6.45, 7) is 3.96. The first-order chi connectivity index (χ1) is 10.8. The zero-order valence-corrected chi connectivity index (χ0v) is 12.9. The Kier molecular flexibility index (Phi) is 3.42. The Hall–Kier alpha value is -2.71. The Labute approximate surface area is 131 Å². The van der Waals surface area contributed by atoms with Crippen LogP contribution in [0, 0.1) is 13.8 Å². The van der Waals surface area contributed by atoms with Gasteiger partial charge in [-0.05, 0) is 32.3 Å². The summed E-state index contributed by atoms with van der Waals surface area (Å²) in [6, 6.07) is -0.508. The second kappa shape index (κ2) is 5.18. The normalized spacial score (nSPS) is 19.7. The molecule has 2 fully saturated rings. The average Bonchev–Trinajstić information content (AvgIpc) is 2.78. The van der Waals surface area contributed by atoms with E-state index in [-0.39, 0.29) is 30.5 Å². The number of nitrogens with one attached hydrogen (secondary N) is 3. The van der Waals surface area contributed by atoms with Crippen molar-refractivity contribution in [3.05, 3.63) is 27.2 Å². The summed E-state index contributed by atoms with van der Waals surface area (Å²) in [5, 5.41) is 11.0. The van der Waals surface area contributed by atoms with E-state index >= 15 is 0 Å². The first kappa shape index (κ1) is 15.2. The lowest BCUT2D eigenvalue weighted by molar-refractivity contribution is -0.125. The molecular formula is C14H17N5O4. The number of piperidine rings is 1. The number of hydrogen-bond donors (Lipinski definition) is 3. The lowest BCUT2D eigenvalue weighted by Gasteiger charge is -2.37. The third-order valence-corrected chi connectivity index (χ3v) is 4.60. The van der Waals surface area contributed by atoms with Gasteiger partial charge in [-0.25, -0.2) is 9.89 Å². The van der Waals surface area contributed by atoms with Gasteiger partial charge in [0.2, 0.25) is 0 Å². The van der Waals surface area contributed by atoms with E-state index in [2.05, 4.69) is 20.8 Å². The Morgan fingerprint density at radius 3 is 2.39 bits per heavy atom. The minimum absolute atomic E-state index is 0.0772. The number of nitrogens with zero attached hydrogens (tertiary/aromatic N) is 2. The van der Waals surface area contributed by atoms with E-state index in [0.29, 0.717) is 24.1 Å². The number of carbonyl (C=O) groups is 3. The number of aryl methyl sites for hydroxylation is 1. The fraction of sp³-hybridized carbons (Fsp3) is 0.500. The summed E-state index contributed by atoms with van der Waals surface area (Å²) in [4.78, 5) is 49.3. The van der Waals surface area contributed by atoms with Crippen LogP contribution in [0.5, 0.6) is 0 Å². The quantitative estimate of drug-likeness (QED) is 0.585. The molecule has 0 unspecified atom stereocenters. The summed E-state index contributed by atoms with van der Waals surface area (Å²) in [5.74, 6) is -0.739. The highest BCUT2D eigenvalue weighted by atomic mass is 16.2. The van der Waals surface area contributed by atoms with Gasteiger partial charge >= 0.3 is 6.03 Å². The zero-order valence-electron chi connectivity index (χ0n) is 12.9. The van der Waals surface area contributed by atoms with Crippen molar-refractivity contribution in [1.29, 1.82) is 0 Å². The van der Waals surface area contributed by atoms with Gasteiger partial charge in [0.15, 0.2) is 0 Å². The molecule has 0 aliphatic carbocycles. The van der Waals surface area contributed by atoms with E-state index in [1.807, 2.05) is 0 Å². The summed E-state index contributed by atoms with van der Waals surface area (Å²) in [6.07, 6.45) is 0.634. The van der Waals surface area contributed by atoms with Crippen LogP contribution in [-0.2, 0) is 4.79 Å². The first-order valence-electron chi connectivity index (χ1n) is 7.33. The molecule has 1 spiro atoms. The molecule has 23 heavy (non-hydrogen) atoms. The lowest BCUT2D eigenvalue weighted by Crippen LogP contribution is -2.56. The minimum atomic E-state index is -0.941. The van der Waals surface area contributed by atoms with E-state index in [1.165, 1.54) is 4.90 Å². The van der Waals surface area contributed by atoms with Crippen LogP contribution in [0.3, 0.4) is 0 Å². The number of aromatic amines is 1. The number of carbonyl (C=O) groups excluding carboxylic acids is 3. The van der Waals surface area contributed by atoms with Crippen molar-refractivity contribution in [3.63, 3.8) is 0 Å². The standard InChI is InChI=1S/C14H17N5O4/c1-7-8(2)17-18-10(20)9(7)11(21)19-5-3-14(4-6-19)12(22)15-13(23)16-14/h3-6H2,1-2H3,(H,18,20)(H2,15,16,22,23). The number of imide groups is 1. The predicted molar refractivity (Wildman–Crippen MR) is 78.9 cm³/mol. The van der Waals surface area contributed by atoms with Crippen LogP contribution >= 0.6 is 0 Å². The molecule has 0 bridgehead atoms. The van der Waals surface area contributed by atoms with E-state index in [4.69, 9.17) is 0 Å². The van der Waals surface area contributed by atoms with Crippen molar-refractivity contribution in [2.75, 3.05) is 13.1 Å². The van der Waals surface area contributed by atoms with Crippen molar-refractivity contribution in [2.24, 2.45) is 0 Å². The van der Waals surface area contributed by atoms with Gasteiger partial charge in [-0.2, -0.15) is 5.10 Å². The van der Waals surface area contributed by atoms with Crippen molar-refractivity contribution >= 4 is 17.8 Å². The number of H-pyrrole nitrogens is 1. The number of likely N-dealkylation sites (tertiary alicyclic amines) is 1. The van der Waals surface area contributed by atoms with Gasteiger partial charge < -0.3 is 10.2 Å². The third kappa shape index (κ3) is 2.37. The summed E-state index contributed by atoms with van der Waals surface area (Å²) >= 11 is 0. The van der Waals surface area contributed by atoms with Crippen LogP contribution < -0.4 is 16.2 Å². The largest absolute Gasteiger partial charge is 0.338 e. The highest BCUT2D eigenvalue weighted by Crippen LogP contribution is 2.26. The molecule has 0 aromatic carbocycles. The maximum absolute atomic E-state index is 12.6. The maximum Gasteiger partial charge on any atom is 0.322 e. The molecule has 1 aromatic heterocycles. The molecule has 3 heterocycles.